The topological polar surface area (TPSA) is 51.1 Å². The number of carbonyl (C=O) groups is 1. The summed E-state index contributed by atoms with van der Waals surface area (Å²) in [5, 5.41) is 4.87. The van der Waals surface area contributed by atoms with Crippen molar-refractivity contribution in [2.45, 2.75) is 52.1 Å². The molecule has 1 amide bonds. The molecule has 26 heavy (non-hydrogen) atoms. The largest absolute Gasteiger partial charge is 0.349 e. The molecule has 1 aliphatic carbocycles. The van der Waals surface area contributed by atoms with Crippen LogP contribution in [0, 0.1) is 5.92 Å². The van der Waals surface area contributed by atoms with E-state index in [9.17, 15) is 9.59 Å². The van der Waals surface area contributed by atoms with Crippen LogP contribution in [0.1, 0.15) is 49.2 Å². The molecule has 1 aromatic carbocycles. The van der Waals surface area contributed by atoms with Gasteiger partial charge in [-0.15, -0.1) is 11.3 Å². The van der Waals surface area contributed by atoms with Crippen LogP contribution in [0.25, 0.3) is 21.0 Å². The Labute approximate surface area is 156 Å². The molecular formula is C21H24N2O2S. The lowest BCUT2D eigenvalue weighted by molar-refractivity contribution is 0.0927. The molecule has 0 atom stereocenters. The standard InChI is InChI=1S/C21H24N2O2S/c1-3-23-17-7-5-4-6-15(17)19-16(21(23)25)12-18(26-19)20(24)22-14-10-8-13(2)9-11-14/h4-7,12-14H,3,8-11H2,1-2H3,(H,22,24). The highest BCUT2D eigenvalue weighted by molar-refractivity contribution is 7.21. The first-order valence-electron chi connectivity index (χ1n) is 9.44. The summed E-state index contributed by atoms with van der Waals surface area (Å²) in [5.74, 6) is 0.712. The Morgan fingerprint density at radius 1 is 1.19 bits per heavy atom. The molecule has 2 heterocycles. The van der Waals surface area contributed by atoms with Crippen molar-refractivity contribution in [3.8, 4) is 0 Å². The summed E-state index contributed by atoms with van der Waals surface area (Å²) < 4.78 is 2.70. The zero-order valence-corrected chi connectivity index (χ0v) is 16.1. The number of rotatable bonds is 3. The SMILES string of the molecule is CCn1c(=O)c2cc(C(=O)NC3CCC(C)CC3)sc2c2ccccc21. The fraction of sp³-hybridized carbons (Fsp3) is 0.429. The molecule has 4 nitrogen and oxygen atoms in total. The highest BCUT2D eigenvalue weighted by Crippen LogP contribution is 2.31. The van der Waals surface area contributed by atoms with Gasteiger partial charge in [-0.3, -0.25) is 9.59 Å². The van der Waals surface area contributed by atoms with Crippen molar-refractivity contribution >= 4 is 38.2 Å². The molecule has 0 spiro atoms. The molecule has 2 aromatic heterocycles. The first kappa shape index (κ1) is 17.3. The van der Waals surface area contributed by atoms with Crippen LogP contribution in [0.2, 0.25) is 0 Å². The van der Waals surface area contributed by atoms with E-state index < -0.39 is 0 Å². The van der Waals surface area contributed by atoms with Crippen molar-refractivity contribution in [1.82, 2.24) is 9.88 Å². The van der Waals surface area contributed by atoms with Gasteiger partial charge in [0.25, 0.3) is 11.5 Å². The van der Waals surface area contributed by atoms with Gasteiger partial charge in [0, 0.05) is 22.7 Å². The van der Waals surface area contributed by atoms with Crippen LogP contribution in [0.15, 0.2) is 35.1 Å². The van der Waals surface area contributed by atoms with Crippen molar-refractivity contribution < 1.29 is 4.79 Å². The Morgan fingerprint density at radius 3 is 2.65 bits per heavy atom. The third kappa shape index (κ3) is 2.94. The van der Waals surface area contributed by atoms with Crippen LogP contribution in [0.5, 0.6) is 0 Å². The maximum atomic E-state index is 12.9. The van der Waals surface area contributed by atoms with Crippen LogP contribution >= 0.6 is 11.3 Å². The first-order valence-corrected chi connectivity index (χ1v) is 10.3. The summed E-state index contributed by atoms with van der Waals surface area (Å²) >= 11 is 1.43. The normalized spacial score (nSPS) is 20.5. The van der Waals surface area contributed by atoms with Crippen LogP contribution in [-0.2, 0) is 6.54 Å². The van der Waals surface area contributed by atoms with Crippen molar-refractivity contribution in [3.63, 3.8) is 0 Å². The molecule has 3 aromatic rings. The fourth-order valence-electron chi connectivity index (χ4n) is 3.99. The number of hydrogen-bond acceptors (Lipinski definition) is 3. The molecule has 1 N–H and O–H groups in total. The van der Waals surface area contributed by atoms with Crippen LogP contribution in [0.4, 0.5) is 0 Å². The smallest absolute Gasteiger partial charge is 0.261 e. The number of nitrogens with zero attached hydrogens (tertiary/aromatic N) is 1. The van der Waals surface area contributed by atoms with Crippen molar-refractivity contribution in [2.75, 3.05) is 0 Å². The van der Waals surface area contributed by atoms with Crippen molar-refractivity contribution in [2.24, 2.45) is 5.92 Å². The number of aromatic nitrogens is 1. The summed E-state index contributed by atoms with van der Waals surface area (Å²) in [5.41, 5.74) is 0.922. The number of carbonyl (C=O) groups excluding carboxylic acids is 1. The number of nitrogens with one attached hydrogen (secondary N) is 1. The summed E-state index contributed by atoms with van der Waals surface area (Å²) in [4.78, 5) is 26.3. The average Bonchev–Trinajstić information content (AvgIpc) is 3.10. The Bertz CT molecular complexity index is 1030. The molecule has 1 saturated carbocycles. The van der Waals surface area contributed by atoms with Gasteiger partial charge in [0.1, 0.15) is 0 Å². The predicted molar refractivity (Wildman–Crippen MR) is 108 cm³/mol. The van der Waals surface area contributed by atoms with Gasteiger partial charge in [-0.05, 0) is 50.7 Å². The lowest BCUT2D eigenvalue weighted by atomic mass is 9.87. The van der Waals surface area contributed by atoms with Crippen molar-refractivity contribution in [3.05, 3.63) is 45.6 Å². The van der Waals surface area contributed by atoms with E-state index in [2.05, 4.69) is 12.2 Å². The zero-order valence-electron chi connectivity index (χ0n) is 15.2. The number of thiophene rings is 1. The lowest BCUT2D eigenvalue weighted by Gasteiger charge is -2.26. The summed E-state index contributed by atoms with van der Waals surface area (Å²) in [6.07, 6.45) is 4.43. The van der Waals surface area contributed by atoms with E-state index in [4.69, 9.17) is 0 Å². The number of pyridine rings is 1. The molecule has 0 saturated heterocycles. The molecule has 136 valence electrons. The fourth-order valence-corrected chi connectivity index (χ4v) is 5.08. The molecule has 1 fully saturated rings. The van der Waals surface area contributed by atoms with Crippen molar-refractivity contribution in [1.29, 1.82) is 0 Å². The second-order valence-electron chi connectivity index (χ2n) is 7.35. The third-order valence-corrected chi connectivity index (χ3v) is 6.71. The molecule has 0 bridgehead atoms. The Balaban J connectivity index is 1.73. The minimum absolute atomic E-state index is 0.0111. The van der Waals surface area contributed by atoms with Gasteiger partial charge in [0.2, 0.25) is 0 Å². The number of hydrogen-bond donors (Lipinski definition) is 1. The van der Waals surface area contributed by atoms with Gasteiger partial charge >= 0.3 is 0 Å². The van der Waals surface area contributed by atoms with E-state index in [1.807, 2.05) is 31.2 Å². The average molecular weight is 369 g/mol. The van der Waals surface area contributed by atoms with Gasteiger partial charge in [0.15, 0.2) is 0 Å². The number of benzene rings is 1. The summed E-state index contributed by atoms with van der Waals surface area (Å²) in [7, 11) is 0. The molecule has 0 unspecified atom stereocenters. The first-order chi connectivity index (χ1) is 12.6. The van der Waals surface area contributed by atoms with E-state index in [-0.39, 0.29) is 17.5 Å². The second-order valence-corrected chi connectivity index (χ2v) is 8.40. The van der Waals surface area contributed by atoms with Crippen LogP contribution < -0.4 is 10.9 Å². The minimum atomic E-state index is -0.0442. The quantitative estimate of drug-likeness (QED) is 0.738. The van der Waals surface area contributed by atoms with Gasteiger partial charge in [-0.2, -0.15) is 0 Å². The van der Waals surface area contributed by atoms with Gasteiger partial charge < -0.3 is 9.88 Å². The van der Waals surface area contributed by atoms with Crippen LogP contribution in [0.3, 0.4) is 0 Å². The van der Waals surface area contributed by atoms with Crippen LogP contribution in [-0.4, -0.2) is 16.5 Å². The second kappa shape index (κ2) is 6.88. The molecule has 0 radical (unpaired) electrons. The maximum absolute atomic E-state index is 12.9. The molecule has 0 aliphatic heterocycles. The lowest BCUT2D eigenvalue weighted by Crippen LogP contribution is -2.36. The molecule has 5 heteroatoms. The monoisotopic (exact) mass is 368 g/mol. The highest BCUT2D eigenvalue weighted by Gasteiger charge is 2.22. The van der Waals surface area contributed by atoms with Gasteiger partial charge in [0.05, 0.1) is 15.8 Å². The number of aryl methyl sites for hydroxylation is 1. The maximum Gasteiger partial charge on any atom is 0.261 e. The molecular weight excluding hydrogens is 344 g/mol. The highest BCUT2D eigenvalue weighted by atomic mass is 32.1. The predicted octanol–water partition coefficient (Wildman–Crippen LogP) is 4.54. The van der Waals surface area contributed by atoms with Gasteiger partial charge in [-0.25, -0.2) is 0 Å². The summed E-state index contributed by atoms with van der Waals surface area (Å²) in [6, 6.07) is 9.97. The van der Waals surface area contributed by atoms with E-state index in [0.717, 1.165) is 34.4 Å². The van der Waals surface area contributed by atoms with E-state index in [1.54, 1.807) is 10.6 Å². The number of amides is 1. The Hall–Kier alpha value is -2.14. The zero-order chi connectivity index (χ0) is 18.3. The Morgan fingerprint density at radius 2 is 1.92 bits per heavy atom. The van der Waals surface area contributed by atoms with E-state index >= 15 is 0 Å². The molecule has 1 aliphatic rings. The summed E-state index contributed by atoms with van der Waals surface area (Å²) in [6.45, 7) is 4.87. The Kier molecular flexibility index (Phi) is 4.57. The van der Waals surface area contributed by atoms with E-state index in [1.165, 1.54) is 24.2 Å². The minimum Gasteiger partial charge on any atom is -0.349 e. The van der Waals surface area contributed by atoms with E-state index in [0.29, 0.717) is 16.8 Å². The number of para-hydroxylation sites is 1. The molecule has 4 rings (SSSR count). The van der Waals surface area contributed by atoms with Gasteiger partial charge in [-0.1, -0.05) is 25.1 Å². The number of fused-ring (bicyclic) bond motifs is 3. The third-order valence-electron chi connectivity index (χ3n) is 5.54.